The Balaban J connectivity index is 1.88. The zero-order valence-corrected chi connectivity index (χ0v) is 13.8. The number of aliphatic carboxylic acids is 1. The van der Waals surface area contributed by atoms with Crippen LogP contribution in [-0.2, 0) is 4.79 Å². The Labute approximate surface area is 150 Å². The molecular formula is C21H16N2O3. The Morgan fingerprint density at radius 1 is 0.923 bits per heavy atom. The van der Waals surface area contributed by atoms with Crippen LogP contribution in [0.1, 0.15) is 15.9 Å². The monoisotopic (exact) mass is 344 g/mol. The molecule has 0 aliphatic rings. The highest BCUT2D eigenvalue weighted by Crippen LogP contribution is 2.20. The van der Waals surface area contributed by atoms with E-state index in [4.69, 9.17) is 0 Å². The molecule has 3 aromatic rings. The highest BCUT2D eigenvalue weighted by atomic mass is 16.4. The second-order valence-corrected chi connectivity index (χ2v) is 5.55. The molecule has 5 nitrogen and oxygen atoms in total. The molecule has 0 bridgehead atoms. The molecule has 0 atom stereocenters. The molecule has 2 aromatic carbocycles. The standard InChI is InChI=1S/C21H16N2O3/c24-20(16-7-2-1-3-8-16)23-19(21(25)26)13-15-6-4-9-17(12-15)18-10-5-11-22-14-18/h1-14H,(H,23,24)(H,25,26)/b19-13+. The first-order valence-corrected chi connectivity index (χ1v) is 7.95. The largest absolute Gasteiger partial charge is 0.477 e. The third-order valence-electron chi connectivity index (χ3n) is 3.71. The van der Waals surface area contributed by atoms with Crippen molar-refractivity contribution in [1.29, 1.82) is 0 Å². The van der Waals surface area contributed by atoms with Crippen molar-refractivity contribution in [3.8, 4) is 11.1 Å². The molecular weight excluding hydrogens is 328 g/mol. The number of hydrogen-bond donors (Lipinski definition) is 2. The summed E-state index contributed by atoms with van der Waals surface area (Å²) in [6.45, 7) is 0. The molecule has 0 radical (unpaired) electrons. The maximum atomic E-state index is 12.2. The van der Waals surface area contributed by atoms with Gasteiger partial charge in [-0.05, 0) is 41.5 Å². The van der Waals surface area contributed by atoms with E-state index < -0.39 is 11.9 Å². The number of benzene rings is 2. The third-order valence-corrected chi connectivity index (χ3v) is 3.71. The minimum Gasteiger partial charge on any atom is -0.477 e. The summed E-state index contributed by atoms with van der Waals surface area (Å²) in [5.74, 6) is -1.68. The van der Waals surface area contributed by atoms with Gasteiger partial charge in [0.1, 0.15) is 5.70 Å². The molecule has 128 valence electrons. The Morgan fingerprint density at radius 3 is 2.38 bits per heavy atom. The molecule has 5 heteroatoms. The van der Waals surface area contributed by atoms with Crippen LogP contribution in [0.3, 0.4) is 0 Å². The van der Waals surface area contributed by atoms with Crippen LogP contribution in [0.25, 0.3) is 17.2 Å². The predicted molar refractivity (Wildman–Crippen MR) is 99.2 cm³/mol. The average molecular weight is 344 g/mol. The number of carbonyl (C=O) groups is 2. The van der Waals surface area contributed by atoms with Crippen LogP contribution in [0.5, 0.6) is 0 Å². The Kier molecular flexibility index (Phi) is 5.19. The summed E-state index contributed by atoms with van der Waals surface area (Å²) in [6.07, 6.45) is 4.86. The van der Waals surface area contributed by atoms with E-state index in [2.05, 4.69) is 10.3 Å². The molecule has 26 heavy (non-hydrogen) atoms. The fraction of sp³-hybridized carbons (Fsp3) is 0. The Hall–Kier alpha value is -3.73. The van der Waals surface area contributed by atoms with Crippen molar-refractivity contribution in [3.05, 3.63) is 95.9 Å². The molecule has 0 unspecified atom stereocenters. The SMILES string of the molecule is O=C(O)/C(=C\c1cccc(-c2cccnc2)c1)NC(=O)c1ccccc1. The summed E-state index contributed by atoms with van der Waals surface area (Å²) < 4.78 is 0. The minimum absolute atomic E-state index is 0.192. The number of hydrogen-bond acceptors (Lipinski definition) is 3. The highest BCUT2D eigenvalue weighted by Gasteiger charge is 2.13. The first-order chi connectivity index (χ1) is 12.6. The fourth-order valence-corrected chi connectivity index (χ4v) is 2.44. The van der Waals surface area contributed by atoms with Gasteiger partial charge in [0.2, 0.25) is 0 Å². The van der Waals surface area contributed by atoms with Crippen LogP contribution in [0.4, 0.5) is 0 Å². The summed E-state index contributed by atoms with van der Waals surface area (Å²) in [7, 11) is 0. The quantitative estimate of drug-likeness (QED) is 0.693. The topological polar surface area (TPSA) is 79.3 Å². The molecule has 1 amide bonds. The van der Waals surface area contributed by atoms with Crippen LogP contribution >= 0.6 is 0 Å². The first-order valence-electron chi connectivity index (χ1n) is 7.95. The van der Waals surface area contributed by atoms with Crippen LogP contribution in [0.2, 0.25) is 0 Å². The van der Waals surface area contributed by atoms with Gasteiger partial charge < -0.3 is 10.4 Å². The van der Waals surface area contributed by atoms with Gasteiger partial charge in [-0.15, -0.1) is 0 Å². The van der Waals surface area contributed by atoms with Gasteiger partial charge in [-0.2, -0.15) is 0 Å². The van der Waals surface area contributed by atoms with Crippen molar-refractivity contribution in [2.75, 3.05) is 0 Å². The summed E-state index contributed by atoms with van der Waals surface area (Å²) in [4.78, 5) is 27.8. The zero-order valence-electron chi connectivity index (χ0n) is 13.8. The van der Waals surface area contributed by atoms with Gasteiger partial charge in [-0.1, -0.05) is 42.5 Å². The molecule has 0 saturated carbocycles. The molecule has 3 rings (SSSR count). The minimum atomic E-state index is -1.21. The molecule has 0 fully saturated rings. The lowest BCUT2D eigenvalue weighted by Gasteiger charge is -2.07. The van der Waals surface area contributed by atoms with Gasteiger partial charge in [-0.25, -0.2) is 4.79 Å². The van der Waals surface area contributed by atoms with E-state index in [9.17, 15) is 14.7 Å². The van der Waals surface area contributed by atoms with Crippen molar-refractivity contribution in [1.82, 2.24) is 10.3 Å². The van der Waals surface area contributed by atoms with E-state index in [0.29, 0.717) is 11.1 Å². The summed E-state index contributed by atoms with van der Waals surface area (Å²) >= 11 is 0. The Morgan fingerprint density at radius 2 is 1.69 bits per heavy atom. The van der Waals surface area contributed by atoms with E-state index in [1.165, 1.54) is 6.08 Å². The number of aromatic nitrogens is 1. The van der Waals surface area contributed by atoms with Gasteiger partial charge in [0.05, 0.1) is 0 Å². The molecule has 1 heterocycles. The number of pyridine rings is 1. The van der Waals surface area contributed by atoms with E-state index >= 15 is 0 Å². The maximum Gasteiger partial charge on any atom is 0.352 e. The van der Waals surface area contributed by atoms with Crippen LogP contribution in [-0.4, -0.2) is 22.0 Å². The second-order valence-electron chi connectivity index (χ2n) is 5.55. The van der Waals surface area contributed by atoms with Gasteiger partial charge in [0.15, 0.2) is 0 Å². The van der Waals surface area contributed by atoms with E-state index in [-0.39, 0.29) is 5.70 Å². The maximum absolute atomic E-state index is 12.2. The number of carboxylic acids is 1. The molecule has 0 aliphatic heterocycles. The van der Waals surface area contributed by atoms with Gasteiger partial charge in [0, 0.05) is 23.5 Å². The summed E-state index contributed by atoms with van der Waals surface area (Å²) in [5.41, 5.74) is 2.70. The van der Waals surface area contributed by atoms with Crippen molar-refractivity contribution < 1.29 is 14.7 Å². The van der Waals surface area contributed by atoms with E-state index in [0.717, 1.165) is 11.1 Å². The number of amides is 1. The number of carboxylic acid groups (broad SMARTS) is 1. The molecule has 0 aliphatic carbocycles. The molecule has 2 N–H and O–H groups in total. The smallest absolute Gasteiger partial charge is 0.352 e. The molecule has 1 aromatic heterocycles. The van der Waals surface area contributed by atoms with Gasteiger partial charge in [0.25, 0.3) is 5.91 Å². The van der Waals surface area contributed by atoms with Crippen LogP contribution < -0.4 is 5.32 Å². The zero-order chi connectivity index (χ0) is 18.4. The number of carbonyl (C=O) groups excluding carboxylic acids is 1. The second kappa shape index (κ2) is 7.90. The van der Waals surface area contributed by atoms with Crippen molar-refractivity contribution in [2.45, 2.75) is 0 Å². The van der Waals surface area contributed by atoms with Crippen molar-refractivity contribution in [3.63, 3.8) is 0 Å². The summed E-state index contributed by atoms with van der Waals surface area (Å²) in [6, 6.07) is 19.6. The van der Waals surface area contributed by atoms with Gasteiger partial charge >= 0.3 is 5.97 Å². The number of nitrogens with zero attached hydrogens (tertiary/aromatic N) is 1. The number of rotatable bonds is 5. The van der Waals surface area contributed by atoms with Crippen LogP contribution in [0, 0.1) is 0 Å². The highest BCUT2D eigenvalue weighted by molar-refractivity contribution is 6.02. The third kappa shape index (κ3) is 4.21. The normalized spacial score (nSPS) is 11.0. The predicted octanol–water partition coefficient (Wildman–Crippen LogP) is 3.60. The Bertz CT molecular complexity index is 951. The molecule has 0 spiro atoms. The fourth-order valence-electron chi connectivity index (χ4n) is 2.44. The van der Waals surface area contributed by atoms with E-state index in [1.54, 1.807) is 48.8 Å². The van der Waals surface area contributed by atoms with Gasteiger partial charge in [-0.3, -0.25) is 9.78 Å². The summed E-state index contributed by atoms with van der Waals surface area (Å²) in [5, 5.41) is 11.9. The lowest BCUT2D eigenvalue weighted by atomic mass is 10.0. The number of nitrogens with one attached hydrogen (secondary N) is 1. The molecule has 0 saturated heterocycles. The van der Waals surface area contributed by atoms with E-state index in [1.807, 2.05) is 30.3 Å². The van der Waals surface area contributed by atoms with Crippen molar-refractivity contribution >= 4 is 18.0 Å². The first kappa shape index (κ1) is 17.1. The average Bonchev–Trinajstić information content (AvgIpc) is 2.69. The lowest BCUT2D eigenvalue weighted by Crippen LogP contribution is -2.27. The van der Waals surface area contributed by atoms with Crippen LogP contribution in [0.15, 0.2) is 84.8 Å². The lowest BCUT2D eigenvalue weighted by molar-refractivity contribution is -0.132. The van der Waals surface area contributed by atoms with Crippen molar-refractivity contribution in [2.24, 2.45) is 0 Å².